The van der Waals surface area contributed by atoms with Crippen LogP contribution in [0.2, 0.25) is 0 Å². The predicted octanol–water partition coefficient (Wildman–Crippen LogP) is 4.88. The van der Waals surface area contributed by atoms with Crippen LogP contribution in [0.15, 0.2) is 24.3 Å². The number of amides is 1. The Kier molecular flexibility index (Phi) is 5.60. The number of benzene rings is 1. The maximum absolute atomic E-state index is 12.9. The van der Waals surface area contributed by atoms with Crippen LogP contribution >= 0.6 is 0 Å². The molecule has 0 bridgehead atoms. The maximum Gasteiger partial charge on any atom is 0.230 e. The Morgan fingerprint density at radius 2 is 2.05 bits per heavy atom. The van der Waals surface area contributed by atoms with Gasteiger partial charge in [-0.1, -0.05) is 39.2 Å². The van der Waals surface area contributed by atoms with Crippen LogP contribution in [-0.4, -0.2) is 5.91 Å². The third-order valence-corrected chi connectivity index (χ3v) is 4.74. The molecule has 0 aromatic heterocycles. The van der Waals surface area contributed by atoms with Gasteiger partial charge in [-0.25, -0.2) is 0 Å². The Morgan fingerprint density at radius 1 is 1.32 bits per heavy atom. The van der Waals surface area contributed by atoms with Gasteiger partial charge in [-0.2, -0.15) is 5.26 Å². The summed E-state index contributed by atoms with van der Waals surface area (Å²) in [6.45, 7) is 4.43. The van der Waals surface area contributed by atoms with E-state index >= 15 is 0 Å². The number of nitriles is 1. The number of rotatable bonds is 5. The Bertz CT molecular complexity index is 551. The lowest BCUT2D eigenvalue weighted by atomic mass is 9.69. The Hall–Kier alpha value is -1.82. The van der Waals surface area contributed by atoms with Gasteiger partial charge in [0, 0.05) is 11.1 Å². The van der Waals surface area contributed by atoms with Crippen LogP contribution in [0, 0.1) is 22.7 Å². The van der Waals surface area contributed by atoms with E-state index in [1.165, 1.54) is 6.42 Å². The second kappa shape index (κ2) is 7.45. The number of hydrogen-bond donors (Lipinski definition) is 1. The van der Waals surface area contributed by atoms with E-state index in [-0.39, 0.29) is 11.3 Å². The SMILES string of the molecule is CC(C)CCC1(C(=O)Nc2cccc(C#N)c2)CCCCC1. The summed E-state index contributed by atoms with van der Waals surface area (Å²) in [5, 5.41) is 12.0. The Balaban J connectivity index is 2.12. The van der Waals surface area contributed by atoms with Crippen molar-refractivity contribution in [1.82, 2.24) is 0 Å². The zero-order valence-corrected chi connectivity index (χ0v) is 13.7. The van der Waals surface area contributed by atoms with Gasteiger partial charge in [0.15, 0.2) is 0 Å². The monoisotopic (exact) mass is 298 g/mol. The summed E-state index contributed by atoms with van der Waals surface area (Å²) in [6, 6.07) is 9.29. The molecule has 1 amide bonds. The minimum atomic E-state index is -0.217. The van der Waals surface area contributed by atoms with Gasteiger partial charge in [-0.15, -0.1) is 0 Å². The summed E-state index contributed by atoms with van der Waals surface area (Å²) in [6.07, 6.45) is 7.56. The van der Waals surface area contributed by atoms with Crippen LogP contribution in [-0.2, 0) is 4.79 Å². The van der Waals surface area contributed by atoms with Crippen molar-refractivity contribution in [3.63, 3.8) is 0 Å². The largest absolute Gasteiger partial charge is 0.326 e. The number of nitrogens with one attached hydrogen (secondary N) is 1. The quantitative estimate of drug-likeness (QED) is 0.842. The van der Waals surface area contributed by atoms with Gasteiger partial charge in [0.05, 0.1) is 11.6 Å². The van der Waals surface area contributed by atoms with Crippen LogP contribution in [0.4, 0.5) is 5.69 Å². The van der Waals surface area contributed by atoms with Gasteiger partial charge >= 0.3 is 0 Å². The molecule has 1 aromatic rings. The molecule has 0 spiro atoms. The summed E-state index contributed by atoms with van der Waals surface area (Å²) in [5.74, 6) is 0.761. The lowest BCUT2D eigenvalue weighted by Gasteiger charge is -2.36. The third-order valence-electron chi connectivity index (χ3n) is 4.74. The van der Waals surface area contributed by atoms with Crippen LogP contribution in [0.1, 0.15) is 64.4 Å². The molecule has 118 valence electrons. The van der Waals surface area contributed by atoms with Crippen molar-refractivity contribution in [2.75, 3.05) is 5.32 Å². The lowest BCUT2D eigenvalue weighted by Crippen LogP contribution is -2.38. The van der Waals surface area contributed by atoms with Gasteiger partial charge in [0.25, 0.3) is 0 Å². The highest BCUT2D eigenvalue weighted by molar-refractivity contribution is 5.95. The highest BCUT2D eigenvalue weighted by Gasteiger charge is 2.39. The summed E-state index contributed by atoms with van der Waals surface area (Å²) >= 11 is 0. The van der Waals surface area contributed by atoms with E-state index in [0.29, 0.717) is 11.5 Å². The Morgan fingerprint density at radius 3 is 2.68 bits per heavy atom. The van der Waals surface area contributed by atoms with Crippen molar-refractivity contribution in [2.24, 2.45) is 11.3 Å². The molecular weight excluding hydrogens is 272 g/mol. The number of carbonyl (C=O) groups is 1. The van der Waals surface area contributed by atoms with Gasteiger partial charge in [0.1, 0.15) is 0 Å². The predicted molar refractivity (Wildman–Crippen MR) is 89.4 cm³/mol. The van der Waals surface area contributed by atoms with E-state index < -0.39 is 0 Å². The molecule has 0 unspecified atom stereocenters. The first-order valence-corrected chi connectivity index (χ1v) is 8.37. The van der Waals surface area contributed by atoms with Gasteiger partial charge < -0.3 is 5.32 Å². The summed E-state index contributed by atoms with van der Waals surface area (Å²) in [4.78, 5) is 12.9. The zero-order chi connectivity index (χ0) is 16.0. The molecule has 1 aromatic carbocycles. The molecule has 0 radical (unpaired) electrons. The zero-order valence-electron chi connectivity index (χ0n) is 13.7. The fraction of sp³-hybridized carbons (Fsp3) is 0.579. The van der Waals surface area contributed by atoms with Gasteiger partial charge in [-0.05, 0) is 49.8 Å². The van der Waals surface area contributed by atoms with Gasteiger partial charge in [-0.3, -0.25) is 4.79 Å². The van der Waals surface area contributed by atoms with E-state index in [4.69, 9.17) is 5.26 Å². The molecule has 0 heterocycles. The van der Waals surface area contributed by atoms with Crippen LogP contribution in [0.5, 0.6) is 0 Å². The second-order valence-corrected chi connectivity index (χ2v) is 6.92. The highest BCUT2D eigenvalue weighted by atomic mass is 16.2. The van der Waals surface area contributed by atoms with Crippen LogP contribution in [0.3, 0.4) is 0 Å². The van der Waals surface area contributed by atoms with Gasteiger partial charge in [0.2, 0.25) is 5.91 Å². The molecule has 1 N–H and O–H groups in total. The van der Waals surface area contributed by atoms with Crippen LogP contribution < -0.4 is 5.32 Å². The van der Waals surface area contributed by atoms with E-state index in [0.717, 1.165) is 44.2 Å². The highest BCUT2D eigenvalue weighted by Crippen LogP contribution is 2.42. The first-order chi connectivity index (χ1) is 10.6. The molecule has 2 rings (SSSR count). The lowest BCUT2D eigenvalue weighted by molar-refractivity contribution is -0.128. The number of hydrogen-bond acceptors (Lipinski definition) is 2. The van der Waals surface area contributed by atoms with Crippen molar-refractivity contribution in [2.45, 2.75) is 58.8 Å². The first-order valence-electron chi connectivity index (χ1n) is 8.37. The maximum atomic E-state index is 12.9. The molecule has 0 saturated heterocycles. The summed E-state index contributed by atoms with van der Waals surface area (Å²) in [5.41, 5.74) is 1.10. The molecule has 1 aliphatic carbocycles. The second-order valence-electron chi connectivity index (χ2n) is 6.92. The fourth-order valence-electron chi connectivity index (χ4n) is 3.31. The number of anilines is 1. The smallest absolute Gasteiger partial charge is 0.230 e. The first kappa shape index (κ1) is 16.5. The molecule has 1 fully saturated rings. The molecule has 1 aliphatic rings. The van der Waals surface area contributed by atoms with Crippen molar-refractivity contribution in [1.29, 1.82) is 5.26 Å². The Labute approximate surface area is 133 Å². The molecular formula is C19H26N2O. The normalized spacial score (nSPS) is 17.0. The number of carbonyl (C=O) groups excluding carboxylic acids is 1. The van der Waals surface area contributed by atoms with Crippen molar-refractivity contribution in [3.8, 4) is 6.07 Å². The minimum Gasteiger partial charge on any atom is -0.326 e. The molecule has 0 atom stereocenters. The molecule has 0 aliphatic heterocycles. The minimum absolute atomic E-state index is 0.142. The van der Waals surface area contributed by atoms with Crippen LogP contribution in [0.25, 0.3) is 0 Å². The molecule has 1 saturated carbocycles. The average Bonchev–Trinajstić information content (AvgIpc) is 2.54. The molecule has 3 heteroatoms. The average molecular weight is 298 g/mol. The summed E-state index contributed by atoms with van der Waals surface area (Å²) in [7, 11) is 0. The topological polar surface area (TPSA) is 52.9 Å². The molecule has 3 nitrogen and oxygen atoms in total. The number of nitrogens with zero attached hydrogens (tertiary/aromatic N) is 1. The standard InChI is InChI=1S/C19H26N2O/c1-15(2)9-12-19(10-4-3-5-11-19)18(22)21-17-8-6-7-16(13-17)14-20/h6-8,13,15H,3-5,9-12H2,1-2H3,(H,21,22). The van der Waals surface area contributed by atoms with E-state index in [2.05, 4.69) is 25.2 Å². The van der Waals surface area contributed by atoms with E-state index in [1.807, 2.05) is 12.1 Å². The summed E-state index contributed by atoms with van der Waals surface area (Å²) < 4.78 is 0. The fourth-order valence-corrected chi connectivity index (χ4v) is 3.31. The van der Waals surface area contributed by atoms with Crippen molar-refractivity contribution < 1.29 is 4.79 Å². The van der Waals surface area contributed by atoms with E-state index in [9.17, 15) is 4.79 Å². The molecule has 22 heavy (non-hydrogen) atoms. The van der Waals surface area contributed by atoms with E-state index in [1.54, 1.807) is 12.1 Å². The van der Waals surface area contributed by atoms with Crippen molar-refractivity contribution >= 4 is 11.6 Å². The van der Waals surface area contributed by atoms with Crippen molar-refractivity contribution in [3.05, 3.63) is 29.8 Å². The third kappa shape index (κ3) is 4.10.